The number of ether oxygens (including phenoxy) is 1. The summed E-state index contributed by atoms with van der Waals surface area (Å²) in [7, 11) is 0. The average Bonchev–Trinajstić information content (AvgIpc) is 3.26. The van der Waals surface area contributed by atoms with Gasteiger partial charge in [-0.25, -0.2) is 14.6 Å². The van der Waals surface area contributed by atoms with E-state index < -0.39 is 5.95 Å². The number of likely N-dealkylation sites (tertiary alicyclic amines) is 1. The molecule has 0 bridgehead atoms. The van der Waals surface area contributed by atoms with E-state index in [4.69, 9.17) is 15.6 Å². The number of pyridine rings is 1. The second-order valence-corrected chi connectivity index (χ2v) is 8.44. The van der Waals surface area contributed by atoms with Crippen molar-refractivity contribution in [2.75, 3.05) is 18.8 Å². The normalized spacial score (nSPS) is 15.8. The van der Waals surface area contributed by atoms with Crippen LogP contribution in [0, 0.1) is 12.9 Å². The van der Waals surface area contributed by atoms with E-state index >= 15 is 4.39 Å². The van der Waals surface area contributed by atoms with Gasteiger partial charge in [0.05, 0.1) is 17.0 Å². The molecule has 35 heavy (non-hydrogen) atoms. The molecule has 9 nitrogen and oxygen atoms in total. The van der Waals surface area contributed by atoms with Crippen molar-refractivity contribution in [3.63, 3.8) is 0 Å². The minimum atomic E-state index is -0.753. The summed E-state index contributed by atoms with van der Waals surface area (Å²) in [6.07, 6.45) is 4.23. The number of hydrogen-bond donors (Lipinski definition) is 1. The molecule has 4 aromatic rings. The van der Waals surface area contributed by atoms with E-state index in [2.05, 4.69) is 21.5 Å². The summed E-state index contributed by atoms with van der Waals surface area (Å²) in [6, 6.07) is 10.4. The van der Waals surface area contributed by atoms with Crippen LogP contribution in [0.2, 0.25) is 0 Å². The van der Waals surface area contributed by atoms with Gasteiger partial charge in [-0.1, -0.05) is 24.3 Å². The van der Waals surface area contributed by atoms with Gasteiger partial charge in [0.1, 0.15) is 23.6 Å². The third-order valence-corrected chi connectivity index (χ3v) is 6.07. The van der Waals surface area contributed by atoms with Crippen LogP contribution in [0.25, 0.3) is 22.3 Å². The highest BCUT2D eigenvalue weighted by Gasteiger charge is 2.28. The van der Waals surface area contributed by atoms with E-state index in [1.54, 1.807) is 33.8 Å². The quantitative estimate of drug-likeness (QED) is 0.344. The van der Waals surface area contributed by atoms with Gasteiger partial charge in [-0.3, -0.25) is 4.79 Å². The van der Waals surface area contributed by atoms with Crippen LogP contribution in [0.5, 0.6) is 11.6 Å². The first-order valence-corrected chi connectivity index (χ1v) is 11.3. The summed E-state index contributed by atoms with van der Waals surface area (Å²) in [5.74, 6) is -0.0330. The van der Waals surface area contributed by atoms with Gasteiger partial charge in [0.2, 0.25) is 17.7 Å². The Balaban J connectivity index is 1.53. The zero-order valence-electron chi connectivity index (χ0n) is 19.2. The lowest BCUT2D eigenvalue weighted by molar-refractivity contribution is -0.127. The zero-order chi connectivity index (χ0) is 24.5. The molecule has 0 spiro atoms. The molecule has 0 saturated carbocycles. The summed E-state index contributed by atoms with van der Waals surface area (Å²) in [5.41, 5.74) is 8.19. The largest absolute Gasteiger partial charge is 0.439 e. The summed E-state index contributed by atoms with van der Waals surface area (Å²) in [5, 5.41) is 5.13. The number of anilines is 1. The van der Waals surface area contributed by atoms with E-state index in [0.29, 0.717) is 29.9 Å². The van der Waals surface area contributed by atoms with Crippen LogP contribution in [-0.2, 0) is 4.79 Å². The third kappa shape index (κ3) is 4.30. The lowest BCUT2D eigenvalue weighted by Gasteiger charge is -2.32. The maximum Gasteiger partial charge on any atom is 0.246 e. The van der Waals surface area contributed by atoms with E-state index in [9.17, 15) is 4.79 Å². The van der Waals surface area contributed by atoms with Crippen molar-refractivity contribution in [1.82, 2.24) is 29.6 Å². The first-order valence-electron chi connectivity index (χ1n) is 11.3. The van der Waals surface area contributed by atoms with Crippen LogP contribution in [-0.4, -0.2) is 48.6 Å². The Hall–Kier alpha value is -4.34. The lowest BCUT2D eigenvalue weighted by atomic mass is 10.1. The Kier molecular flexibility index (Phi) is 5.86. The Morgan fingerprint density at radius 1 is 1.23 bits per heavy atom. The molecular formula is C25H24FN7O2. The van der Waals surface area contributed by atoms with Crippen molar-refractivity contribution >= 4 is 22.8 Å². The highest BCUT2D eigenvalue weighted by atomic mass is 19.1. The number of carbonyl (C=O) groups excluding carboxylic acids is 1. The highest BCUT2D eigenvalue weighted by molar-refractivity contribution is 5.98. The summed E-state index contributed by atoms with van der Waals surface area (Å²) in [6.45, 7) is 6.63. The molecule has 3 aromatic heterocycles. The summed E-state index contributed by atoms with van der Waals surface area (Å²) >= 11 is 0. The summed E-state index contributed by atoms with van der Waals surface area (Å²) in [4.78, 5) is 26.4. The molecule has 5 rings (SSSR count). The van der Waals surface area contributed by atoms with Crippen molar-refractivity contribution in [3.8, 4) is 22.9 Å². The number of nitrogen functional groups attached to an aromatic ring is 1. The Bertz CT molecular complexity index is 1420. The molecule has 1 saturated heterocycles. The number of piperidine rings is 1. The number of rotatable bonds is 5. The molecule has 1 atom stereocenters. The van der Waals surface area contributed by atoms with Gasteiger partial charge in [0.15, 0.2) is 5.65 Å². The number of aromatic nitrogens is 5. The molecule has 10 heteroatoms. The minimum Gasteiger partial charge on any atom is -0.439 e. The molecule has 1 aromatic carbocycles. The number of nitrogens with two attached hydrogens (primary N) is 1. The molecule has 4 heterocycles. The smallest absolute Gasteiger partial charge is 0.246 e. The fourth-order valence-corrected chi connectivity index (χ4v) is 4.30. The number of amides is 1. The van der Waals surface area contributed by atoms with Gasteiger partial charge in [0, 0.05) is 19.2 Å². The SMILES string of the molecule is C=CC(=O)N1CCC[C@@H](n2nc(-c3ccc(Oc4ccc(C)cc4)nc3F)c3c(N)ncnc32)C1. The van der Waals surface area contributed by atoms with Crippen molar-refractivity contribution in [1.29, 1.82) is 0 Å². The Morgan fingerprint density at radius 3 is 2.77 bits per heavy atom. The third-order valence-electron chi connectivity index (χ3n) is 6.07. The summed E-state index contributed by atoms with van der Waals surface area (Å²) < 4.78 is 22.6. The molecule has 0 unspecified atom stereocenters. The van der Waals surface area contributed by atoms with Crippen molar-refractivity contribution in [2.24, 2.45) is 0 Å². The number of carbonyl (C=O) groups is 1. The van der Waals surface area contributed by atoms with Gasteiger partial charge >= 0.3 is 0 Å². The van der Waals surface area contributed by atoms with E-state index in [-0.39, 0.29) is 34.9 Å². The van der Waals surface area contributed by atoms with Gasteiger partial charge in [-0.05, 0) is 44.0 Å². The van der Waals surface area contributed by atoms with Crippen LogP contribution < -0.4 is 10.5 Å². The van der Waals surface area contributed by atoms with Gasteiger partial charge < -0.3 is 15.4 Å². The number of fused-ring (bicyclic) bond motifs is 1. The first-order chi connectivity index (χ1) is 16.9. The highest BCUT2D eigenvalue weighted by Crippen LogP contribution is 2.35. The Labute approximate surface area is 201 Å². The first kappa shape index (κ1) is 22.5. The lowest BCUT2D eigenvalue weighted by Crippen LogP contribution is -2.40. The molecular weight excluding hydrogens is 449 g/mol. The molecule has 1 aliphatic rings. The predicted octanol–water partition coefficient (Wildman–Crippen LogP) is 4.06. The van der Waals surface area contributed by atoms with Gasteiger partial charge in [-0.15, -0.1) is 0 Å². The van der Waals surface area contributed by atoms with Gasteiger partial charge in [0.25, 0.3) is 0 Å². The number of hydrogen-bond acceptors (Lipinski definition) is 7. The van der Waals surface area contributed by atoms with E-state index in [1.807, 2.05) is 19.1 Å². The topological polar surface area (TPSA) is 112 Å². The molecule has 0 aliphatic carbocycles. The second-order valence-electron chi connectivity index (χ2n) is 8.44. The van der Waals surface area contributed by atoms with Crippen LogP contribution in [0.15, 0.2) is 55.4 Å². The van der Waals surface area contributed by atoms with Crippen molar-refractivity contribution in [2.45, 2.75) is 25.8 Å². The van der Waals surface area contributed by atoms with Crippen molar-refractivity contribution in [3.05, 3.63) is 66.9 Å². The molecule has 178 valence electrons. The minimum absolute atomic E-state index is 0.119. The van der Waals surface area contributed by atoms with E-state index in [1.165, 1.54) is 12.4 Å². The monoisotopic (exact) mass is 473 g/mol. The number of benzene rings is 1. The Morgan fingerprint density at radius 2 is 2.03 bits per heavy atom. The molecule has 0 radical (unpaired) electrons. The molecule has 1 amide bonds. The molecule has 2 N–H and O–H groups in total. The maximum atomic E-state index is 15.2. The van der Waals surface area contributed by atoms with Crippen LogP contribution in [0.1, 0.15) is 24.4 Å². The predicted molar refractivity (Wildman–Crippen MR) is 129 cm³/mol. The number of aryl methyl sites for hydroxylation is 1. The van der Waals surface area contributed by atoms with E-state index in [0.717, 1.165) is 18.4 Å². The average molecular weight is 474 g/mol. The van der Waals surface area contributed by atoms with Crippen molar-refractivity contribution < 1.29 is 13.9 Å². The number of halogens is 1. The zero-order valence-corrected chi connectivity index (χ0v) is 19.2. The van der Waals surface area contributed by atoms with Crippen LogP contribution in [0.3, 0.4) is 0 Å². The fourth-order valence-electron chi connectivity index (χ4n) is 4.30. The van der Waals surface area contributed by atoms with Crippen LogP contribution in [0.4, 0.5) is 10.2 Å². The molecule has 1 fully saturated rings. The maximum absolute atomic E-state index is 15.2. The van der Waals surface area contributed by atoms with Gasteiger partial charge in [-0.2, -0.15) is 14.5 Å². The standard InChI is InChI=1S/C25H24FN7O2/c1-3-20(34)32-12-4-5-16(13-32)33-25-21(24(27)28-14-29-25)22(31-33)18-10-11-19(30-23(18)26)35-17-8-6-15(2)7-9-17/h3,6-11,14,16H,1,4-5,12-13H2,2H3,(H2,27,28,29)/t16-/m1/s1. The fraction of sp³-hybridized carbons (Fsp3) is 0.240. The van der Waals surface area contributed by atoms with Crippen LogP contribution >= 0.6 is 0 Å². The molecule has 1 aliphatic heterocycles. The number of nitrogens with zero attached hydrogens (tertiary/aromatic N) is 6. The second kappa shape index (κ2) is 9.13.